The van der Waals surface area contributed by atoms with Crippen molar-refractivity contribution in [2.45, 2.75) is 26.4 Å². The lowest BCUT2D eigenvalue weighted by molar-refractivity contribution is -0.148. The summed E-state index contributed by atoms with van der Waals surface area (Å²) < 4.78 is 16.6. The topological polar surface area (TPSA) is 94.5 Å². The Balaban J connectivity index is 1.56. The molecule has 1 aliphatic heterocycles. The van der Waals surface area contributed by atoms with Gasteiger partial charge in [0.2, 0.25) is 0 Å². The molecule has 0 radical (unpaired) electrons. The number of halogens is 1. The average molecular weight is 491 g/mol. The molecule has 5 atom stereocenters. The van der Waals surface area contributed by atoms with Gasteiger partial charge in [-0.3, -0.25) is 9.59 Å². The number of carbonyl (C=O) groups is 3. The van der Waals surface area contributed by atoms with Gasteiger partial charge in [-0.1, -0.05) is 12.2 Å². The zero-order chi connectivity index (χ0) is 22.3. The Morgan fingerprint density at radius 3 is 2.45 bits per heavy atom. The number of esters is 1. The zero-order valence-corrected chi connectivity index (χ0v) is 19.0. The smallest absolute Gasteiger partial charge is 0.346 e. The maximum Gasteiger partial charge on any atom is 0.346 e. The molecule has 31 heavy (non-hydrogen) atoms. The minimum atomic E-state index is -0.821. The van der Waals surface area contributed by atoms with Crippen LogP contribution >= 0.6 is 15.9 Å². The van der Waals surface area contributed by atoms with Gasteiger partial charge in [0.05, 0.1) is 31.8 Å². The Morgan fingerprint density at radius 2 is 1.87 bits per heavy atom. The number of benzene rings is 1. The first-order valence-corrected chi connectivity index (χ1v) is 11.0. The Hall–Kier alpha value is -2.68. The zero-order valence-electron chi connectivity index (χ0n) is 17.4. The van der Waals surface area contributed by atoms with Gasteiger partial charge in [-0.05, 0) is 60.2 Å². The van der Waals surface area contributed by atoms with Crippen LogP contribution in [-0.2, 0) is 19.1 Å². The molecule has 1 saturated heterocycles. The fourth-order valence-electron chi connectivity index (χ4n) is 4.54. The Labute approximate surface area is 188 Å². The number of imide groups is 1. The quantitative estimate of drug-likeness (QED) is 0.252. The highest BCUT2D eigenvalue weighted by molar-refractivity contribution is 9.10. The number of nitrogens with zero attached hydrogens (tertiary/aromatic N) is 2. The Kier molecular flexibility index (Phi) is 5.88. The van der Waals surface area contributed by atoms with Crippen LogP contribution in [0.1, 0.15) is 25.8 Å². The van der Waals surface area contributed by atoms with E-state index < -0.39 is 12.1 Å². The van der Waals surface area contributed by atoms with E-state index >= 15 is 0 Å². The summed E-state index contributed by atoms with van der Waals surface area (Å²) in [5.74, 6) is -0.547. The van der Waals surface area contributed by atoms with E-state index in [1.54, 1.807) is 19.1 Å². The van der Waals surface area contributed by atoms with Gasteiger partial charge in [0.15, 0.2) is 17.6 Å². The molecule has 8 nitrogen and oxygen atoms in total. The number of rotatable bonds is 7. The van der Waals surface area contributed by atoms with E-state index in [1.165, 1.54) is 13.3 Å². The summed E-state index contributed by atoms with van der Waals surface area (Å²) in [5, 5.41) is 5.21. The lowest BCUT2D eigenvalue weighted by Crippen LogP contribution is -2.28. The highest BCUT2D eigenvalue weighted by atomic mass is 79.9. The minimum absolute atomic E-state index is 0.135. The van der Waals surface area contributed by atoms with Gasteiger partial charge in [0.1, 0.15) is 0 Å². The molecule has 2 fully saturated rings. The molecule has 1 aromatic rings. The second kappa shape index (κ2) is 8.45. The summed E-state index contributed by atoms with van der Waals surface area (Å²) >= 11 is 3.45. The first-order valence-electron chi connectivity index (χ1n) is 10.2. The second-order valence-electron chi connectivity index (χ2n) is 7.77. The van der Waals surface area contributed by atoms with Crippen molar-refractivity contribution in [1.82, 2.24) is 5.01 Å². The molecule has 0 spiro atoms. The molecule has 1 aromatic carbocycles. The second-order valence-corrected chi connectivity index (χ2v) is 8.62. The molecule has 1 heterocycles. The summed E-state index contributed by atoms with van der Waals surface area (Å²) in [6.45, 7) is 3.78. The minimum Gasteiger partial charge on any atom is -0.490 e. The van der Waals surface area contributed by atoms with Crippen LogP contribution < -0.4 is 9.47 Å². The van der Waals surface area contributed by atoms with Crippen LogP contribution in [0.2, 0.25) is 0 Å². The number of ether oxygens (including phenoxy) is 3. The van der Waals surface area contributed by atoms with E-state index in [2.05, 4.69) is 21.0 Å². The predicted octanol–water partition coefficient (Wildman–Crippen LogP) is 2.93. The fraction of sp³-hybridized carbons (Fsp3) is 0.455. The third-order valence-electron chi connectivity index (χ3n) is 5.96. The number of methoxy groups -OCH3 is 1. The average Bonchev–Trinajstić information content (AvgIpc) is 3.43. The van der Waals surface area contributed by atoms with E-state index in [-0.39, 0.29) is 35.5 Å². The first-order chi connectivity index (χ1) is 14.8. The van der Waals surface area contributed by atoms with Gasteiger partial charge >= 0.3 is 5.97 Å². The van der Waals surface area contributed by atoms with Crippen molar-refractivity contribution in [3.05, 3.63) is 34.3 Å². The van der Waals surface area contributed by atoms with Crippen LogP contribution in [0.15, 0.2) is 33.9 Å². The van der Waals surface area contributed by atoms with E-state index in [9.17, 15) is 14.4 Å². The molecular formula is C22H23BrN2O6. The molecule has 9 heteroatoms. The molecule has 0 aromatic heterocycles. The Morgan fingerprint density at radius 1 is 1.23 bits per heavy atom. The van der Waals surface area contributed by atoms with Crippen LogP contribution in [0.25, 0.3) is 0 Å². The largest absolute Gasteiger partial charge is 0.490 e. The summed E-state index contributed by atoms with van der Waals surface area (Å²) in [7, 11) is 1.29. The number of hydrogen-bond acceptors (Lipinski definition) is 7. The lowest BCUT2D eigenvalue weighted by Gasteiger charge is -2.17. The molecule has 0 N–H and O–H groups in total. The lowest BCUT2D eigenvalue weighted by atomic mass is 9.85. The van der Waals surface area contributed by atoms with Crippen LogP contribution in [-0.4, -0.2) is 48.8 Å². The van der Waals surface area contributed by atoms with Gasteiger partial charge in [-0.25, -0.2) is 4.79 Å². The number of carbonyl (C=O) groups excluding carboxylic acids is 3. The molecule has 2 amide bonds. The highest BCUT2D eigenvalue weighted by Gasteiger charge is 2.59. The summed E-state index contributed by atoms with van der Waals surface area (Å²) in [6.07, 6.45) is 5.59. The van der Waals surface area contributed by atoms with Gasteiger partial charge in [-0.2, -0.15) is 10.1 Å². The van der Waals surface area contributed by atoms with Crippen molar-refractivity contribution >= 4 is 39.9 Å². The molecule has 4 rings (SSSR count). The summed E-state index contributed by atoms with van der Waals surface area (Å²) in [6, 6.07) is 3.33. The summed E-state index contributed by atoms with van der Waals surface area (Å²) in [4.78, 5) is 37.3. The molecule has 1 saturated carbocycles. The van der Waals surface area contributed by atoms with Crippen LogP contribution in [0.4, 0.5) is 0 Å². The SMILES string of the molecule is CCOc1cc(C=NN2C(=O)C3C4C=CC(C4)C3C2=O)c(Br)cc1OC(C)C(=O)OC. The van der Waals surface area contributed by atoms with Crippen LogP contribution in [0, 0.1) is 23.7 Å². The van der Waals surface area contributed by atoms with Crippen molar-refractivity contribution in [2.24, 2.45) is 28.8 Å². The number of fused-ring (bicyclic) bond motifs is 5. The van der Waals surface area contributed by atoms with Crippen LogP contribution in [0.5, 0.6) is 11.5 Å². The van der Waals surface area contributed by atoms with E-state index in [4.69, 9.17) is 14.2 Å². The van der Waals surface area contributed by atoms with Crippen molar-refractivity contribution < 1.29 is 28.6 Å². The number of hydrogen-bond donors (Lipinski definition) is 0. The first kappa shape index (κ1) is 21.5. The standard InChI is InChI=1S/C22H23BrN2O6/c1-4-30-16-8-14(15(23)9-17(16)31-11(2)22(28)29-3)10-24-25-20(26)18-12-5-6-13(7-12)19(18)21(25)27/h5-6,8-13,18-19H,4,7H2,1-3H3. The number of amides is 2. The van der Waals surface area contributed by atoms with Gasteiger partial charge in [0.25, 0.3) is 11.8 Å². The van der Waals surface area contributed by atoms with E-state index in [0.717, 1.165) is 11.4 Å². The van der Waals surface area contributed by atoms with Crippen molar-refractivity contribution in [3.8, 4) is 11.5 Å². The van der Waals surface area contributed by atoms with Gasteiger partial charge in [-0.15, -0.1) is 0 Å². The monoisotopic (exact) mass is 490 g/mol. The predicted molar refractivity (Wildman–Crippen MR) is 115 cm³/mol. The van der Waals surface area contributed by atoms with E-state index in [1.807, 2.05) is 19.1 Å². The van der Waals surface area contributed by atoms with Gasteiger partial charge < -0.3 is 14.2 Å². The molecular weight excluding hydrogens is 468 g/mol. The normalized spacial score (nSPS) is 27.2. The fourth-order valence-corrected chi connectivity index (χ4v) is 4.96. The van der Waals surface area contributed by atoms with Crippen LogP contribution in [0.3, 0.4) is 0 Å². The van der Waals surface area contributed by atoms with Crippen molar-refractivity contribution in [1.29, 1.82) is 0 Å². The van der Waals surface area contributed by atoms with Gasteiger partial charge in [0, 0.05) is 10.0 Å². The molecule has 2 bridgehead atoms. The molecule has 5 unspecified atom stereocenters. The molecule has 164 valence electrons. The molecule has 2 aliphatic carbocycles. The maximum absolute atomic E-state index is 12.8. The summed E-state index contributed by atoms with van der Waals surface area (Å²) in [5.41, 5.74) is 0.597. The third-order valence-corrected chi connectivity index (χ3v) is 6.65. The Bertz CT molecular complexity index is 960. The highest BCUT2D eigenvalue weighted by Crippen LogP contribution is 2.52. The van der Waals surface area contributed by atoms with Crippen molar-refractivity contribution in [2.75, 3.05) is 13.7 Å². The van der Waals surface area contributed by atoms with E-state index in [0.29, 0.717) is 28.1 Å². The number of hydrazone groups is 1. The molecule has 3 aliphatic rings. The van der Waals surface area contributed by atoms with Crippen molar-refractivity contribution in [3.63, 3.8) is 0 Å². The maximum atomic E-state index is 12.8. The third kappa shape index (κ3) is 3.75. The number of allylic oxidation sites excluding steroid dienone is 2.